The number of nitriles is 1. The van der Waals surface area contributed by atoms with E-state index in [1.807, 2.05) is 65.7 Å². The van der Waals surface area contributed by atoms with Crippen LogP contribution in [0.4, 0.5) is 5.69 Å². The van der Waals surface area contributed by atoms with Gasteiger partial charge < -0.3 is 9.80 Å². The number of aromatic nitrogens is 1. The minimum absolute atomic E-state index is 0.0884. The average Bonchev–Trinajstić information content (AvgIpc) is 3.10. The van der Waals surface area contributed by atoms with Gasteiger partial charge in [-0.25, -0.2) is 0 Å². The van der Waals surface area contributed by atoms with E-state index in [9.17, 15) is 4.79 Å². The smallest absolute Gasteiger partial charge is 0.253 e. The van der Waals surface area contributed by atoms with E-state index >= 15 is 0 Å². The van der Waals surface area contributed by atoms with E-state index in [4.69, 9.17) is 5.26 Å². The second-order valence-corrected chi connectivity index (χ2v) is 8.51. The number of hydrogen-bond acceptors (Lipinski definition) is 5. The highest BCUT2D eigenvalue weighted by Gasteiger charge is 2.20. The van der Waals surface area contributed by atoms with Gasteiger partial charge in [0.2, 0.25) is 0 Å². The van der Waals surface area contributed by atoms with Crippen LogP contribution in [0.2, 0.25) is 0 Å². The summed E-state index contributed by atoms with van der Waals surface area (Å²) in [5.74, 6) is 0.948. The van der Waals surface area contributed by atoms with Crippen molar-refractivity contribution in [1.29, 1.82) is 5.26 Å². The van der Waals surface area contributed by atoms with Gasteiger partial charge in [0.15, 0.2) is 0 Å². The lowest BCUT2D eigenvalue weighted by atomic mass is 10.2. The van der Waals surface area contributed by atoms with Gasteiger partial charge in [-0.15, -0.1) is 11.8 Å². The number of carbonyl (C=O) groups is 1. The van der Waals surface area contributed by atoms with Gasteiger partial charge in [0.25, 0.3) is 5.91 Å². The molecule has 0 saturated carbocycles. The molecule has 4 rings (SSSR count). The molecule has 1 aliphatic rings. The van der Waals surface area contributed by atoms with Crippen LogP contribution in [0, 0.1) is 11.3 Å². The Labute approximate surface area is 187 Å². The Hall–Kier alpha value is -3.30. The topological polar surface area (TPSA) is 60.2 Å². The summed E-state index contributed by atoms with van der Waals surface area (Å²) in [6.45, 7) is 3.13. The predicted octanol–water partition coefficient (Wildman–Crippen LogP) is 4.60. The number of nitrogens with zero attached hydrogens (tertiary/aromatic N) is 4. The van der Waals surface area contributed by atoms with Gasteiger partial charge in [-0.1, -0.05) is 6.07 Å². The van der Waals surface area contributed by atoms with Crippen LogP contribution in [0.15, 0.2) is 78.0 Å². The van der Waals surface area contributed by atoms with Crippen LogP contribution >= 0.6 is 11.8 Å². The van der Waals surface area contributed by atoms with Gasteiger partial charge in [0.1, 0.15) is 0 Å². The van der Waals surface area contributed by atoms with E-state index in [0.717, 1.165) is 48.0 Å². The molecular weight excluding hydrogens is 404 g/mol. The van der Waals surface area contributed by atoms with Gasteiger partial charge >= 0.3 is 0 Å². The van der Waals surface area contributed by atoms with E-state index < -0.39 is 0 Å². The first-order valence-corrected chi connectivity index (χ1v) is 11.4. The second kappa shape index (κ2) is 10.1. The molecule has 0 bridgehead atoms. The molecule has 3 aromatic rings. The maximum atomic E-state index is 13.0. The molecule has 0 unspecified atom stereocenters. The Morgan fingerprint density at radius 1 is 1.00 bits per heavy atom. The molecule has 1 aliphatic heterocycles. The standard InChI is InChI=1S/C25H24N4OS/c26-17-20-4-8-23(9-5-20)28-13-2-14-29(16-15-28)25(30)22-6-10-24(11-7-22)31-19-21-3-1-12-27-18-21/h1,3-12,18H,2,13-16,19H2. The molecule has 0 atom stereocenters. The molecule has 31 heavy (non-hydrogen) atoms. The van der Waals surface area contributed by atoms with Crippen molar-refractivity contribution in [2.75, 3.05) is 31.1 Å². The van der Waals surface area contributed by atoms with Crippen molar-refractivity contribution < 1.29 is 4.79 Å². The van der Waals surface area contributed by atoms with Gasteiger partial charge in [0, 0.05) is 60.5 Å². The van der Waals surface area contributed by atoms with Crippen molar-refractivity contribution >= 4 is 23.4 Å². The van der Waals surface area contributed by atoms with Crippen molar-refractivity contribution in [3.63, 3.8) is 0 Å². The van der Waals surface area contributed by atoms with Gasteiger partial charge in [-0.2, -0.15) is 5.26 Å². The molecule has 0 radical (unpaired) electrons. The summed E-state index contributed by atoms with van der Waals surface area (Å²) in [6.07, 6.45) is 4.58. The van der Waals surface area contributed by atoms with Gasteiger partial charge in [0.05, 0.1) is 11.6 Å². The van der Waals surface area contributed by atoms with E-state index in [2.05, 4.69) is 22.0 Å². The lowest BCUT2D eigenvalue weighted by Gasteiger charge is -2.24. The van der Waals surface area contributed by atoms with E-state index in [0.29, 0.717) is 12.1 Å². The number of thioether (sulfide) groups is 1. The second-order valence-electron chi connectivity index (χ2n) is 7.47. The molecule has 156 valence electrons. The summed E-state index contributed by atoms with van der Waals surface area (Å²) in [5, 5.41) is 8.98. The van der Waals surface area contributed by atoms with Crippen molar-refractivity contribution in [3.05, 3.63) is 89.7 Å². The lowest BCUT2D eigenvalue weighted by Crippen LogP contribution is -2.35. The summed E-state index contributed by atoms with van der Waals surface area (Å²) in [5.41, 5.74) is 3.68. The van der Waals surface area contributed by atoms with E-state index in [1.165, 1.54) is 5.56 Å². The van der Waals surface area contributed by atoms with Crippen LogP contribution < -0.4 is 4.90 Å². The number of anilines is 1. The third-order valence-electron chi connectivity index (χ3n) is 5.37. The lowest BCUT2D eigenvalue weighted by molar-refractivity contribution is 0.0767. The first-order valence-electron chi connectivity index (χ1n) is 10.4. The zero-order chi connectivity index (χ0) is 21.5. The number of benzene rings is 2. The normalized spacial score (nSPS) is 14.0. The fourth-order valence-corrected chi connectivity index (χ4v) is 4.48. The Morgan fingerprint density at radius 3 is 2.52 bits per heavy atom. The maximum absolute atomic E-state index is 13.0. The van der Waals surface area contributed by atoms with Crippen LogP contribution in [0.1, 0.15) is 27.9 Å². The molecular formula is C25H24N4OS. The fraction of sp³-hybridized carbons (Fsp3) is 0.240. The van der Waals surface area contributed by atoms with Crippen LogP contribution in [0.5, 0.6) is 0 Å². The molecule has 0 spiro atoms. The quantitative estimate of drug-likeness (QED) is 0.556. The number of carbonyl (C=O) groups excluding carboxylic acids is 1. The molecule has 0 aliphatic carbocycles. The van der Waals surface area contributed by atoms with Gasteiger partial charge in [-0.05, 0) is 66.6 Å². The van der Waals surface area contributed by atoms with Crippen molar-refractivity contribution in [3.8, 4) is 6.07 Å². The van der Waals surface area contributed by atoms with Crippen LogP contribution in [-0.4, -0.2) is 42.0 Å². The highest BCUT2D eigenvalue weighted by Crippen LogP contribution is 2.23. The molecule has 1 aromatic heterocycles. The maximum Gasteiger partial charge on any atom is 0.253 e. The zero-order valence-electron chi connectivity index (χ0n) is 17.3. The van der Waals surface area contributed by atoms with Crippen LogP contribution in [-0.2, 0) is 5.75 Å². The molecule has 1 amide bonds. The third kappa shape index (κ3) is 5.44. The summed E-state index contributed by atoms with van der Waals surface area (Å²) >= 11 is 1.74. The Morgan fingerprint density at radius 2 is 1.81 bits per heavy atom. The number of hydrogen-bond donors (Lipinski definition) is 0. The Balaban J connectivity index is 1.34. The van der Waals surface area contributed by atoms with Crippen LogP contribution in [0.25, 0.3) is 0 Å². The molecule has 5 nitrogen and oxygen atoms in total. The van der Waals surface area contributed by atoms with Gasteiger partial charge in [-0.3, -0.25) is 9.78 Å². The highest BCUT2D eigenvalue weighted by molar-refractivity contribution is 7.98. The molecule has 2 heterocycles. The highest BCUT2D eigenvalue weighted by atomic mass is 32.2. The SMILES string of the molecule is N#Cc1ccc(N2CCCN(C(=O)c3ccc(SCc4cccnc4)cc3)CC2)cc1. The number of amides is 1. The monoisotopic (exact) mass is 428 g/mol. The van der Waals surface area contributed by atoms with E-state index in [1.54, 1.807) is 18.0 Å². The summed E-state index contributed by atoms with van der Waals surface area (Å²) in [4.78, 5) is 22.5. The number of rotatable bonds is 5. The van der Waals surface area contributed by atoms with Crippen molar-refractivity contribution in [2.45, 2.75) is 17.1 Å². The Kier molecular flexibility index (Phi) is 6.85. The first kappa shape index (κ1) is 21.0. The van der Waals surface area contributed by atoms with Crippen molar-refractivity contribution in [2.24, 2.45) is 0 Å². The van der Waals surface area contributed by atoms with Crippen molar-refractivity contribution in [1.82, 2.24) is 9.88 Å². The Bertz CT molecular complexity index is 1050. The average molecular weight is 429 g/mol. The van der Waals surface area contributed by atoms with E-state index in [-0.39, 0.29) is 5.91 Å². The minimum atomic E-state index is 0.0884. The summed E-state index contributed by atoms with van der Waals surface area (Å²) in [7, 11) is 0. The number of pyridine rings is 1. The largest absolute Gasteiger partial charge is 0.370 e. The molecule has 1 fully saturated rings. The van der Waals surface area contributed by atoms with Crippen LogP contribution in [0.3, 0.4) is 0 Å². The minimum Gasteiger partial charge on any atom is -0.370 e. The molecule has 1 saturated heterocycles. The zero-order valence-corrected chi connectivity index (χ0v) is 18.1. The summed E-state index contributed by atoms with van der Waals surface area (Å²) in [6, 6.07) is 21.7. The first-order chi connectivity index (χ1) is 15.2. The molecule has 2 aromatic carbocycles. The molecule has 0 N–H and O–H groups in total. The third-order valence-corrected chi connectivity index (χ3v) is 6.46. The predicted molar refractivity (Wildman–Crippen MR) is 124 cm³/mol. The summed E-state index contributed by atoms with van der Waals surface area (Å²) < 4.78 is 0. The fourth-order valence-electron chi connectivity index (χ4n) is 3.65. The molecule has 6 heteroatoms.